The van der Waals surface area contributed by atoms with E-state index >= 15 is 0 Å². The zero-order chi connectivity index (χ0) is 13.0. The Hall–Kier alpha value is -1.67. The third kappa shape index (κ3) is 2.96. The van der Waals surface area contributed by atoms with E-state index in [1.807, 2.05) is 18.3 Å². The van der Waals surface area contributed by atoms with Crippen LogP contribution in [0.2, 0.25) is 0 Å². The van der Waals surface area contributed by atoms with Crippen molar-refractivity contribution in [3.8, 4) is 0 Å². The summed E-state index contributed by atoms with van der Waals surface area (Å²) in [6.07, 6.45) is 2.74. The van der Waals surface area contributed by atoms with Crippen molar-refractivity contribution in [2.24, 2.45) is 5.73 Å². The van der Waals surface area contributed by atoms with E-state index in [9.17, 15) is 0 Å². The van der Waals surface area contributed by atoms with Gasteiger partial charge in [-0.2, -0.15) is 0 Å². The molecule has 0 saturated heterocycles. The molecule has 0 radical (unpaired) electrons. The molecular weight excluding hydrogens is 220 g/mol. The molecule has 0 fully saturated rings. The second kappa shape index (κ2) is 5.78. The molecule has 2 nitrogen and oxygen atoms in total. The summed E-state index contributed by atoms with van der Waals surface area (Å²) in [4.78, 5) is 4.38. The summed E-state index contributed by atoms with van der Waals surface area (Å²) in [5, 5.41) is 0. The van der Waals surface area contributed by atoms with Crippen LogP contribution in [0, 0.1) is 13.8 Å². The summed E-state index contributed by atoms with van der Waals surface area (Å²) in [7, 11) is 0. The molecule has 0 aliphatic carbocycles. The first-order chi connectivity index (χ1) is 8.70. The Labute approximate surface area is 109 Å². The average Bonchev–Trinajstić information content (AvgIpc) is 2.38. The molecule has 1 heterocycles. The van der Waals surface area contributed by atoms with Crippen molar-refractivity contribution in [2.75, 3.05) is 6.54 Å². The van der Waals surface area contributed by atoms with Crippen molar-refractivity contribution in [2.45, 2.75) is 26.2 Å². The lowest BCUT2D eigenvalue weighted by Gasteiger charge is -2.17. The molecule has 0 aliphatic heterocycles. The first kappa shape index (κ1) is 12.8. The zero-order valence-corrected chi connectivity index (χ0v) is 11.1. The van der Waals surface area contributed by atoms with E-state index in [2.05, 4.69) is 43.1 Å². The van der Waals surface area contributed by atoms with E-state index in [1.54, 1.807) is 0 Å². The highest BCUT2D eigenvalue weighted by Gasteiger charge is 2.13. The lowest BCUT2D eigenvalue weighted by Crippen LogP contribution is -2.16. The second-order valence-electron chi connectivity index (χ2n) is 4.82. The van der Waals surface area contributed by atoms with Crippen LogP contribution < -0.4 is 5.73 Å². The fourth-order valence-electron chi connectivity index (χ4n) is 2.38. The zero-order valence-electron chi connectivity index (χ0n) is 11.1. The molecule has 18 heavy (non-hydrogen) atoms. The minimum absolute atomic E-state index is 0.348. The van der Waals surface area contributed by atoms with Crippen LogP contribution in [-0.4, -0.2) is 11.5 Å². The highest BCUT2D eigenvalue weighted by atomic mass is 14.7. The number of nitrogens with zero attached hydrogens (tertiary/aromatic N) is 1. The van der Waals surface area contributed by atoms with Gasteiger partial charge in [-0.15, -0.1) is 0 Å². The van der Waals surface area contributed by atoms with Gasteiger partial charge in [-0.25, -0.2) is 0 Å². The topological polar surface area (TPSA) is 38.9 Å². The van der Waals surface area contributed by atoms with E-state index in [4.69, 9.17) is 5.73 Å². The number of nitrogens with two attached hydrogens (primary N) is 1. The molecule has 0 spiro atoms. The van der Waals surface area contributed by atoms with Gasteiger partial charge in [-0.3, -0.25) is 4.98 Å². The van der Waals surface area contributed by atoms with E-state index in [-0.39, 0.29) is 0 Å². The molecule has 94 valence electrons. The van der Waals surface area contributed by atoms with Crippen molar-refractivity contribution in [1.82, 2.24) is 4.98 Å². The largest absolute Gasteiger partial charge is 0.330 e. The third-order valence-electron chi connectivity index (χ3n) is 3.33. The second-order valence-corrected chi connectivity index (χ2v) is 4.82. The Morgan fingerprint density at radius 3 is 2.61 bits per heavy atom. The third-order valence-corrected chi connectivity index (χ3v) is 3.33. The number of aromatic nitrogens is 1. The van der Waals surface area contributed by atoms with Crippen LogP contribution in [0.3, 0.4) is 0 Å². The number of hydrogen-bond acceptors (Lipinski definition) is 2. The molecule has 2 rings (SSSR count). The van der Waals surface area contributed by atoms with E-state index in [1.165, 1.54) is 16.7 Å². The number of benzene rings is 1. The molecule has 0 amide bonds. The van der Waals surface area contributed by atoms with Gasteiger partial charge in [0.15, 0.2) is 0 Å². The van der Waals surface area contributed by atoms with Crippen molar-refractivity contribution >= 4 is 0 Å². The average molecular weight is 240 g/mol. The van der Waals surface area contributed by atoms with Crippen molar-refractivity contribution in [3.63, 3.8) is 0 Å². The van der Waals surface area contributed by atoms with Gasteiger partial charge in [0.05, 0.1) is 0 Å². The van der Waals surface area contributed by atoms with Gasteiger partial charge >= 0.3 is 0 Å². The standard InChI is InChI=1S/C16H20N2/c1-12-6-7-16(13(2)9-12)14(11-17)10-15-5-3-4-8-18-15/h3-9,14H,10-11,17H2,1-2H3. The first-order valence-electron chi connectivity index (χ1n) is 6.38. The maximum Gasteiger partial charge on any atom is 0.0410 e. The predicted octanol–water partition coefficient (Wildman–Crippen LogP) is 2.98. The van der Waals surface area contributed by atoms with Gasteiger partial charge in [-0.1, -0.05) is 29.8 Å². The molecular formula is C16H20N2. The normalized spacial score (nSPS) is 12.4. The van der Waals surface area contributed by atoms with E-state index in [0.29, 0.717) is 12.5 Å². The van der Waals surface area contributed by atoms with Crippen LogP contribution in [0.4, 0.5) is 0 Å². The molecule has 0 bridgehead atoms. The fourth-order valence-corrected chi connectivity index (χ4v) is 2.38. The van der Waals surface area contributed by atoms with Gasteiger partial charge in [0.1, 0.15) is 0 Å². The monoisotopic (exact) mass is 240 g/mol. The Bertz CT molecular complexity index is 506. The Balaban J connectivity index is 2.23. The maximum absolute atomic E-state index is 5.93. The summed E-state index contributed by atoms with van der Waals surface area (Å²) in [5.41, 5.74) is 11.0. The molecule has 1 aromatic carbocycles. The fraction of sp³-hybridized carbons (Fsp3) is 0.312. The lowest BCUT2D eigenvalue weighted by atomic mass is 9.90. The van der Waals surface area contributed by atoms with Gasteiger partial charge < -0.3 is 5.73 Å². The van der Waals surface area contributed by atoms with Crippen LogP contribution >= 0.6 is 0 Å². The molecule has 0 aliphatic rings. The van der Waals surface area contributed by atoms with Crippen LogP contribution in [0.5, 0.6) is 0 Å². The van der Waals surface area contributed by atoms with E-state index < -0.39 is 0 Å². The minimum Gasteiger partial charge on any atom is -0.330 e. The number of rotatable bonds is 4. The van der Waals surface area contributed by atoms with Crippen LogP contribution in [0.25, 0.3) is 0 Å². The smallest absolute Gasteiger partial charge is 0.0410 e. The molecule has 2 heteroatoms. The van der Waals surface area contributed by atoms with Gasteiger partial charge in [0.2, 0.25) is 0 Å². The molecule has 2 aromatic rings. The van der Waals surface area contributed by atoms with Gasteiger partial charge in [-0.05, 0) is 50.1 Å². The van der Waals surface area contributed by atoms with Crippen LogP contribution in [0.1, 0.15) is 28.3 Å². The summed E-state index contributed by atoms with van der Waals surface area (Å²) >= 11 is 0. The first-order valence-corrected chi connectivity index (χ1v) is 6.38. The molecule has 1 aromatic heterocycles. The molecule has 1 unspecified atom stereocenters. The summed E-state index contributed by atoms with van der Waals surface area (Å²) in [6.45, 7) is 4.93. The SMILES string of the molecule is Cc1ccc(C(CN)Cc2ccccn2)c(C)c1. The molecule has 0 saturated carbocycles. The van der Waals surface area contributed by atoms with Crippen LogP contribution in [0.15, 0.2) is 42.6 Å². The van der Waals surface area contributed by atoms with Gasteiger partial charge in [0.25, 0.3) is 0 Å². The van der Waals surface area contributed by atoms with Crippen molar-refractivity contribution in [3.05, 3.63) is 65.0 Å². The highest BCUT2D eigenvalue weighted by molar-refractivity contribution is 5.34. The number of pyridine rings is 1. The summed E-state index contributed by atoms with van der Waals surface area (Å²) < 4.78 is 0. The minimum atomic E-state index is 0.348. The maximum atomic E-state index is 5.93. The van der Waals surface area contributed by atoms with Crippen molar-refractivity contribution < 1.29 is 0 Å². The number of hydrogen-bond donors (Lipinski definition) is 1. The van der Waals surface area contributed by atoms with Crippen LogP contribution in [-0.2, 0) is 6.42 Å². The lowest BCUT2D eigenvalue weighted by molar-refractivity contribution is 0.677. The summed E-state index contributed by atoms with van der Waals surface area (Å²) in [6, 6.07) is 12.6. The van der Waals surface area contributed by atoms with Gasteiger partial charge in [0, 0.05) is 17.8 Å². The highest BCUT2D eigenvalue weighted by Crippen LogP contribution is 2.23. The predicted molar refractivity (Wildman–Crippen MR) is 75.7 cm³/mol. The number of aryl methyl sites for hydroxylation is 2. The quantitative estimate of drug-likeness (QED) is 0.892. The Kier molecular flexibility index (Phi) is 4.11. The Morgan fingerprint density at radius 2 is 2.00 bits per heavy atom. The van der Waals surface area contributed by atoms with E-state index in [0.717, 1.165) is 12.1 Å². The Morgan fingerprint density at radius 1 is 1.17 bits per heavy atom. The summed E-state index contributed by atoms with van der Waals surface area (Å²) in [5.74, 6) is 0.348. The van der Waals surface area contributed by atoms with Crippen molar-refractivity contribution in [1.29, 1.82) is 0 Å². The molecule has 2 N–H and O–H groups in total. The molecule has 1 atom stereocenters.